The van der Waals surface area contributed by atoms with Crippen molar-refractivity contribution < 1.29 is 13.9 Å². The lowest BCUT2D eigenvalue weighted by Gasteiger charge is -1.95. The Labute approximate surface area is 92.4 Å². The van der Waals surface area contributed by atoms with Gasteiger partial charge in [-0.05, 0) is 19.1 Å². The van der Waals surface area contributed by atoms with Gasteiger partial charge < -0.3 is 9.15 Å². The Hall–Kier alpha value is -1.42. The Balaban J connectivity index is 2.47. The number of rotatable bonds is 2. The van der Waals surface area contributed by atoms with Gasteiger partial charge in [0.2, 0.25) is 5.76 Å². The van der Waals surface area contributed by atoms with Crippen molar-refractivity contribution in [1.82, 2.24) is 0 Å². The van der Waals surface area contributed by atoms with Gasteiger partial charge in [0.15, 0.2) is 0 Å². The Morgan fingerprint density at radius 2 is 2.33 bits per heavy atom. The number of thiol groups is 1. The quantitative estimate of drug-likeness (QED) is 0.627. The number of hydrogen-bond acceptors (Lipinski definition) is 4. The molecular formula is C11H10O3S. The number of ether oxygens (including phenoxy) is 1. The molecule has 0 radical (unpaired) electrons. The number of esters is 1. The molecule has 0 fully saturated rings. The summed E-state index contributed by atoms with van der Waals surface area (Å²) in [4.78, 5) is 12.2. The molecular weight excluding hydrogens is 212 g/mol. The van der Waals surface area contributed by atoms with Crippen LogP contribution in [0.15, 0.2) is 33.6 Å². The average Bonchev–Trinajstić information content (AvgIpc) is 2.63. The van der Waals surface area contributed by atoms with Gasteiger partial charge in [0.1, 0.15) is 5.58 Å². The van der Waals surface area contributed by atoms with E-state index in [-0.39, 0.29) is 5.76 Å². The van der Waals surface area contributed by atoms with Crippen LogP contribution in [0.25, 0.3) is 11.0 Å². The molecule has 0 N–H and O–H groups in total. The predicted molar refractivity (Wildman–Crippen MR) is 59.4 cm³/mol. The van der Waals surface area contributed by atoms with Crippen LogP contribution in [0.5, 0.6) is 0 Å². The molecule has 0 atom stereocenters. The molecule has 0 spiro atoms. The van der Waals surface area contributed by atoms with E-state index in [9.17, 15) is 4.79 Å². The highest BCUT2D eigenvalue weighted by Gasteiger charge is 2.13. The summed E-state index contributed by atoms with van der Waals surface area (Å²) in [6.45, 7) is 2.09. The van der Waals surface area contributed by atoms with E-state index < -0.39 is 5.97 Å². The highest BCUT2D eigenvalue weighted by Crippen LogP contribution is 2.25. The van der Waals surface area contributed by atoms with Crippen molar-refractivity contribution in [1.29, 1.82) is 0 Å². The summed E-state index contributed by atoms with van der Waals surface area (Å²) >= 11 is 4.27. The first-order valence-corrected chi connectivity index (χ1v) is 5.05. The van der Waals surface area contributed by atoms with Crippen LogP contribution in [0.1, 0.15) is 17.5 Å². The van der Waals surface area contributed by atoms with Crippen molar-refractivity contribution in [3.63, 3.8) is 0 Å². The summed E-state index contributed by atoms with van der Waals surface area (Å²) in [5, 5.41) is 0.823. The van der Waals surface area contributed by atoms with Crippen molar-refractivity contribution in [3.8, 4) is 0 Å². The lowest BCUT2D eigenvalue weighted by atomic mass is 10.2. The van der Waals surface area contributed by atoms with Crippen molar-refractivity contribution >= 4 is 29.6 Å². The molecule has 2 rings (SSSR count). The minimum Gasteiger partial charge on any atom is -0.460 e. The average molecular weight is 222 g/mol. The standard InChI is InChI=1S/C11H10O3S/c1-2-13-11(12)9-6-7-8(14-9)4-3-5-10(7)15/h3-6,15H,2H2,1H3. The Morgan fingerprint density at radius 3 is 3.00 bits per heavy atom. The second kappa shape index (κ2) is 3.98. The van der Waals surface area contributed by atoms with Crippen LogP contribution in [0.2, 0.25) is 0 Å². The zero-order chi connectivity index (χ0) is 10.8. The summed E-state index contributed by atoms with van der Waals surface area (Å²) in [5.74, 6) is -0.227. The summed E-state index contributed by atoms with van der Waals surface area (Å²) in [6.07, 6.45) is 0. The Morgan fingerprint density at radius 1 is 1.53 bits per heavy atom. The van der Waals surface area contributed by atoms with Gasteiger partial charge in [-0.3, -0.25) is 0 Å². The van der Waals surface area contributed by atoms with Crippen molar-refractivity contribution in [2.75, 3.05) is 6.61 Å². The Kier molecular flexibility index (Phi) is 2.68. The van der Waals surface area contributed by atoms with Crippen LogP contribution in [-0.4, -0.2) is 12.6 Å². The van der Waals surface area contributed by atoms with Crippen LogP contribution >= 0.6 is 12.6 Å². The zero-order valence-corrected chi connectivity index (χ0v) is 9.08. The van der Waals surface area contributed by atoms with E-state index in [1.54, 1.807) is 19.1 Å². The van der Waals surface area contributed by atoms with Crippen LogP contribution in [0, 0.1) is 0 Å². The van der Waals surface area contributed by atoms with E-state index in [0.717, 1.165) is 10.3 Å². The SMILES string of the molecule is CCOC(=O)c1cc2c(S)cccc2o1. The number of hydrogen-bond donors (Lipinski definition) is 1. The maximum atomic E-state index is 11.4. The van der Waals surface area contributed by atoms with Crippen LogP contribution in [-0.2, 0) is 4.74 Å². The third-order valence-corrected chi connectivity index (χ3v) is 2.41. The molecule has 1 aromatic carbocycles. The molecule has 0 saturated heterocycles. The molecule has 0 aliphatic heterocycles. The Bertz CT molecular complexity index is 502. The van der Waals surface area contributed by atoms with E-state index in [1.807, 2.05) is 12.1 Å². The third-order valence-electron chi connectivity index (χ3n) is 2.02. The summed E-state index contributed by atoms with van der Waals surface area (Å²) in [5.41, 5.74) is 0.644. The summed E-state index contributed by atoms with van der Waals surface area (Å²) < 4.78 is 10.2. The summed E-state index contributed by atoms with van der Waals surface area (Å²) in [7, 11) is 0. The molecule has 78 valence electrons. The monoisotopic (exact) mass is 222 g/mol. The minimum absolute atomic E-state index is 0.216. The molecule has 1 heterocycles. The number of furan rings is 1. The summed E-state index contributed by atoms with van der Waals surface area (Å²) in [6, 6.07) is 7.10. The fourth-order valence-electron chi connectivity index (χ4n) is 1.35. The topological polar surface area (TPSA) is 39.4 Å². The van der Waals surface area contributed by atoms with Crippen LogP contribution in [0.4, 0.5) is 0 Å². The van der Waals surface area contributed by atoms with Gasteiger partial charge in [0.05, 0.1) is 6.61 Å². The molecule has 4 heteroatoms. The van der Waals surface area contributed by atoms with Crippen molar-refractivity contribution in [2.45, 2.75) is 11.8 Å². The lowest BCUT2D eigenvalue weighted by molar-refractivity contribution is 0.0492. The largest absolute Gasteiger partial charge is 0.460 e. The molecule has 0 unspecified atom stereocenters. The second-order valence-electron chi connectivity index (χ2n) is 3.02. The number of benzene rings is 1. The zero-order valence-electron chi connectivity index (χ0n) is 8.19. The van der Waals surface area contributed by atoms with E-state index in [2.05, 4.69) is 12.6 Å². The van der Waals surface area contributed by atoms with Gasteiger partial charge in [0, 0.05) is 16.3 Å². The highest BCUT2D eigenvalue weighted by atomic mass is 32.1. The second-order valence-corrected chi connectivity index (χ2v) is 3.50. The van der Waals surface area contributed by atoms with Crippen LogP contribution in [0.3, 0.4) is 0 Å². The molecule has 0 aliphatic rings. The lowest BCUT2D eigenvalue weighted by Crippen LogP contribution is -2.02. The normalized spacial score (nSPS) is 10.5. The highest BCUT2D eigenvalue weighted by molar-refractivity contribution is 7.80. The molecule has 0 bridgehead atoms. The first kappa shape index (κ1) is 10.1. The van der Waals surface area contributed by atoms with Crippen molar-refractivity contribution in [2.24, 2.45) is 0 Å². The number of carbonyl (C=O) groups is 1. The predicted octanol–water partition coefficient (Wildman–Crippen LogP) is 2.90. The first-order valence-electron chi connectivity index (χ1n) is 4.61. The molecule has 15 heavy (non-hydrogen) atoms. The maximum Gasteiger partial charge on any atom is 0.374 e. The van der Waals surface area contributed by atoms with E-state index in [1.165, 1.54) is 0 Å². The van der Waals surface area contributed by atoms with Gasteiger partial charge in [-0.15, -0.1) is 12.6 Å². The molecule has 0 saturated carbocycles. The molecule has 0 aliphatic carbocycles. The molecule has 0 amide bonds. The number of carbonyl (C=O) groups excluding carboxylic acids is 1. The first-order chi connectivity index (χ1) is 7.22. The van der Waals surface area contributed by atoms with E-state index >= 15 is 0 Å². The van der Waals surface area contributed by atoms with Gasteiger partial charge in [-0.2, -0.15) is 0 Å². The third kappa shape index (κ3) is 1.85. The van der Waals surface area contributed by atoms with Gasteiger partial charge in [-0.1, -0.05) is 6.07 Å². The van der Waals surface area contributed by atoms with Gasteiger partial charge >= 0.3 is 5.97 Å². The molecule has 2 aromatic rings. The van der Waals surface area contributed by atoms with E-state index in [0.29, 0.717) is 12.2 Å². The fraction of sp³-hybridized carbons (Fsp3) is 0.182. The van der Waals surface area contributed by atoms with Crippen LogP contribution < -0.4 is 0 Å². The maximum absolute atomic E-state index is 11.4. The molecule has 3 nitrogen and oxygen atoms in total. The minimum atomic E-state index is -0.443. The van der Waals surface area contributed by atoms with Gasteiger partial charge in [0.25, 0.3) is 0 Å². The fourth-order valence-corrected chi connectivity index (χ4v) is 1.61. The molecule has 1 aromatic heterocycles. The van der Waals surface area contributed by atoms with E-state index in [4.69, 9.17) is 9.15 Å². The van der Waals surface area contributed by atoms with Gasteiger partial charge in [-0.25, -0.2) is 4.79 Å². The van der Waals surface area contributed by atoms with Crippen molar-refractivity contribution in [3.05, 3.63) is 30.0 Å². The smallest absolute Gasteiger partial charge is 0.374 e. The number of fused-ring (bicyclic) bond motifs is 1.